The van der Waals surface area contributed by atoms with Crippen molar-refractivity contribution in [2.24, 2.45) is 5.92 Å². The van der Waals surface area contributed by atoms with E-state index in [4.69, 9.17) is 0 Å². The lowest BCUT2D eigenvalue weighted by molar-refractivity contribution is -0.136. The van der Waals surface area contributed by atoms with E-state index in [0.29, 0.717) is 11.8 Å². The molecule has 19 heavy (non-hydrogen) atoms. The molecule has 1 aliphatic rings. The molecule has 0 aliphatic heterocycles. The van der Waals surface area contributed by atoms with Crippen LogP contribution in [0.5, 0.6) is 0 Å². The molecule has 1 rings (SSSR count). The van der Waals surface area contributed by atoms with E-state index in [1.165, 1.54) is 5.57 Å². The van der Waals surface area contributed by atoms with Crippen LogP contribution < -0.4 is 0 Å². The topological polar surface area (TPSA) is 20.3 Å². The van der Waals surface area contributed by atoms with Gasteiger partial charge in [0.25, 0.3) is 0 Å². The van der Waals surface area contributed by atoms with Gasteiger partial charge in [-0.2, -0.15) is 0 Å². The molecule has 0 spiro atoms. The summed E-state index contributed by atoms with van der Waals surface area (Å²) in [5.41, 5.74) is 1.29. The van der Waals surface area contributed by atoms with Crippen molar-refractivity contribution in [2.75, 3.05) is 6.54 Å². The van der Waals surface area contributed by atoms with Crippen molar-refractivity contribution in [1.82, 2.24) is 4.90 Å². The second-order valence-corrected chi connectivity index (χ2v) is 6.55. The molecule has 1 aliphatic carbocycles. The Bertz CT molecular complexity index is 356. The second kappa shape index (κ2) is 6.93. The number of carbonyl (C=O) groups is 1. The van der Waals surface area contributed by atoms with Crippen LogP contribution in [-0.2, 0) is 4.79 Å². The predicted octanol–water partition coefficient (Wildman–Crippen LogP) is 4.33. The zero-order chi connectivity index (χ0) is 14.5. The largest absolute Gasteiger partial charge is 0.334 e. The second-order valence-electron chi connectivity index (χ2n) is 6.55. The summed E-state index contributed by atoms with van der Waals surface area (Å²) in [6.45, 7) is 11.3. The Labute approximate surface area is 118 Å². The average molecular weight is 263 g/mol. The molecule has 1 amide bonds. The minimum absolute atomic E-state index is 0.0836. The predicted molar refractivity (Wildman–Crippen MR) is 82.0 cm³/mol. The normalized spacial score (nSPS) is 17.0. The van der Waals surface area contributed by atoms with Crippen molar-refractivity contribution in [1.29, 1.82) is 0 Å². The van der Waals surface area contributed by atoms with Gasteiger partial charge in [-0.1, -0.05) is 23.8 Å². The lowest BCUT2D eigenvalue weighted by Gasteiger charge is -2.35. The van der Waals surface area contributed by atoms with Crippen LogP contribution in [0.15, 0.2) is 23.8 Å². The van der Waals surface area contributed by atoms with Gasteiger partial charge < -0.3 is 4.90 Å². The van der Waals surface area contributed by atoms with E-state index in [1.807, 2.05) is 4.90 Å². The summed E-state index contributed by atoms with van der Waals surface area (Å²) in [7, 11) is 0. The fraction of sp³-hybridized carbons (Fsp3) is 0.706. The van der Waals surface area contributed by atoms with Crippen LogP contribution in [0.25, 0.3) is 0 Å². The number of rotatable bonds is 6. The number of allylic oxidation sites excluding steroid dienone is 3. The molecule has 0 saturated heterocycles. The lowest BCUT2D eigenvalue weighted by atomic mass is 10.0. The van der Waals surface area contributed by atoms with Crippen molar-refractivity contribution in [3.63, 3.8) is 0 Å². The molecule has 1 fully saturated rings. The molecule has 0 aromatic heterocycles. The molecule has 2 heteroatoms. The van der Waals surface area contributed by atoms with Gasteiger partial charge in [0.1, 0.15) is 0 Å². The molecule has 0 N–H and O–H groups in total. The van der Waals surface area contributed by atoms with Gasteiger partial charge in [-0.25, -0.2) is 0 Å². The van der Waals surface area contributed by atoms with Gasteiger partial charge in [0.05, 0.1) is 0 Å². The maximum atomic E-state index is 12.3. The van der Waals surface area contributed by atoms with E-state index in [1.54, 1.807) is 0 Å². The van der Waals surface area contributed by atoms with Gasteiger partial charge in [-0.05, 0) is 60.3 Å². The van der Waals surface area contributed by atoms with Gasteiger partial charge in [-0.15, -0.1) is 0 Å². The highest BCUT2D eigenvalue weighted by molar-refractivity contribution is 5.81. The highest BCUT2D eigenvalue weighted by Gasteiger charge is 2.37. The van der Waals surface area contributed by atoms with Gasteiger partial charge in [0.15, 0.2) is 0 Å². The molecule has 0 atom stereocenters. The highest BCUT2D eigenvalue weighted by atomic mass is 16.2. The fourth-order valence-electron chi connectivity index (χ4n) is 2.07. The Morgan fingerprint density at radius 3 is 2.42 bits per heavy atom. The SMILES string of the molecule is C/C=C/CC/C(C)=C/CN(C(=O)C1CC1)C(C)(C)C. The maximum Gasteiger partial charge on any atom is 0.226 e. The van der Waals surface area contributed by atoms with Gasteiger partial charge in [0.2, 0.25) is 5.91 Å². The Kier molecular flexibility index (Phi) is 5.84. The minimum Gasteiger partial charge on any atom is -0.334 e. The Balaban J connectivity index is 2.57. The van der Waals surface area contributed by atoms with E-state index in [9.17, 15) is 4.79 Å². The van der Waals surface area contributed by atoms with Crippen molar-refractivity contribution in [2.45, 2.75) is 65.8 Å². The quantitative estimate of drug-likeness (QED) is 0.653. The summed E-state index contributed by atoms with van der Waals surface area (Å²) in [5.74, 6) is 0.640. The van der Waals surface area contributed by atoms with Crippen LogP contribution in [0.4, 0.5) is 0 Å². The highest BCUT2D eigenvalue weighted by Crippen LogP contribution is 2.33. The first-order chi connectivity index (χ1) is 8.86. The maximum absolute atomic E-state index is 12.3. The number of hydrogen-bond acceptors (Lipinski definition) is 1. The molecule has 2 nitrogen and oxygen atoms in total. The standard InChI is InChI=1S/C17H29NO/c1-6-7-8-9-14(2)12-13-18(17(3,4)5)16(19)15-10-11-15/h6-7,12,15H,8-11,13H2,1-5H3/b7-6+,14-12+. The first-order valence-electron chi connectivity index (χ1n) is 7.44. The van der Waals surface area contributed by atoms with Crippen LogP contribution in [0.1, 0.15) is 60.3 Å². The molecule has 108 valence electrons. The Hall–Kier alpha value is -1.05. The Morgan fingerprint density at radius 1 is 1.32 bits per heavy atom. The van der Waals surface area contributed by atoms with Crippen molar-refractivity contribution in [3.8, 4) is 0 Å². The monoisotopic (exact) mass is 263 g/mol. The van der Waals surface area contributed by atoms with Gasteiger partial charge >= 0.3 is 0 Å². The summed E-state index contributed by atoms with van der Waals surface area (Å²) in [4.78, 5) is 14.3. The van der Waals surface area contributed by atoms with E-state index in [0.717, 1.165) is 32.2 Å². The summed E-state index contributed by atoms with van der Waals surface area (Å²) < 4.78 is 0. The summed E-state index contributed by atoms with van der Waals surface area (Å²) in [6.07, 6.45) is 10.8. The van der Waals surface area contributed by atoms with Crippen LogP contribution >= 0.6 is 0 Å². The van der Waals surface area contributed by atoms with E-state index >= 15 is 0 Å². The van der Waals surface area contributed by atoms with Crippen LogP contribution in [0.3, 0.4) is 0 Å². The smallest absolute Gasteiger partial charge is 0.226 e. The Morgan fingerprint density at radius 2 is 1.95 bits per heavy atom. The molecular weight excluding hydrogens is 234 g/mol. The number of amides is 1. The third-order valence-corrected chi connectivity index (χ3v) is 3.57. The molecule has 0 aromatic rings. The minimum atomic E-state index is -0.0836. The number of hydrogen-bond donors (Lipinski definition) is 0. The van der Waals surface area contributed by atoms with Gasteiger partial charge in [0, 0.05) is 18.0 Å². The summed E-state index contributed by atoms with van der Waals surface area (Å²) in [6, 6.07) is 0. The third-order valence-electron chi connectivity index (χ3n) is 3.57. The fourth-order valence-corrected chi connectivity index (χ4v) is 2.07. The molecular formula is C17H29NO. The average Bonchev–Trinajstić information content (AvgIpc) is 3.11. The zero-order valence-corrected chi connectivity index (χ0v) is 13.2. The molecule has 0 aromatic carbocycles. The summed E-state index contributed by atoms with van der Waals surface area (Å²) >= 11 is 0. The summed E-state index contributed by atoms with van der Waals surface area (Å²) in [5, 5.41) is 0. The number of carbonyl (C=O) groups excluding carboxylic acids is 1. The van der Waals surface area contributed by atoms with Crippen LogP contribution in [0.2, 0.25) is 0 Å². The third kappa shape index (κ3) is 5.63. The molecule has 0 radical (unpaired) electrons. The van der Waals surface area contributed by atoms with Crippen LogP contribution in [-0.4, -0.2) is 22.9 Å². The first kappa shape index (κ1) is 16.0. The van der Waals surface area contributed by atoms with E-state index < -0.39 is 0 Å². The van der Waals surface area contributed by atoms with Crippen molar-refractivity contribution >= 4 is 5.91 Å². The molecule has 0 heterocycles. The molecule has 1 saturated carbocycles. The molecule has 0 unspecified atom stereocenters. The van der Waals surface area contributed by atoms with Crippen molar-refractivity contribution in [3.05, 3.63) is 23.8 Å². The lowest BCUT2D eigenvalue weighted by Crippen LogP contribution is -2.46. The van der Waals surface area contributed by atoms with Gasteiger partial charge in [-0.3, -0.25) is 4.79 Å². The van der Waals surface area contributed by atoms with E-state index in [2.05, 4.69) is 52.8 Å². The van der Waals surface area contributed by atoms with Crippen LogP contribution in [0, 0.1) is 5.92 Å². The zero-order valence-electron chi connectivity index (χ0n) is 13.2. The number of nitrogens with zero attached hydrogens (tertiary/aromatic N) is 1. The molecule has 0 bridgehead atoms. The first-order valence-corrected chi connectivity index (χ1v) is 7.44. The van der Waals surface area contributed by atoms with Crippen molar-refractivity contribution < 1.29 is 4.79 Å². The van der Waals surface area contributed by atoms with E-state index in [-0.39, 0.29) is 5.54 Å².